The zero-order valence-corrected chi connectivity index (χ0v) is 14.5. The monoisotopic (exact) mass is 358 g/mol. The summed E-state index contributed by atoms with van der Waals surface area (Å²) in [6, 6.07) is 6.50. The number of rotatable bonds is 7. The van der Waals surface area contributed by atoms with Gasteiger partial charge in [-0.15, -0.1) is 11.8 Å². The number of esters is 1. The number of hydrogen-bond donors (Lipinski definition) is 2. The minimum absolute atomic E-state index is 0.0244. The van der Waals surface area contributed by atoms with Crippen LogP contribution in [-0.4, -0.2) is 36.8 Å². The van der Waals surface area contributed by atoms with Gasteiger partial charge in [0.15, 0.2) is 6.61 Å². The maximum atomic E-state index is 11.6. The molecule has 3 amide bonds. The normalized spacial score (nSPS) is 10.3. The second kappa shape index (κ2) is 10.1. The van der Waals surface area contributed by atoms with Gasteiger partial charge in [0.2, 0.25) is 0 Å². The molecule has 0 aromatic heterocycles. The second-order valence-corrected chi connectivity index (χ2v) is 6.46. The number of carbonyl (C=O) groups is 3. The zero-order valence-electron chi connectivity index (χ0n) is 12.9. The lowest BCUT2D eigenvalue weighted by atomic mass is 10.2. The summed E-state index contributed by atoms with van der Waals surface area (Å²) in [4.78, 5) is 35.1. The average molecular weight is 359 g/mol. The van der Waals surface area contributed by atoms with Crippen molar-refractivity contribution >= 4 is 41.3 Å². The third-order valence-electron chi connectivity index (χ3n) is 2.47. The molecule has 0 aliphatic heterocycles. The number of benzene rings is 1. The van der Waals surface area contributed by atoms with Crippen molar-refractivity contribution in [1.29, 1.82) is 0 Å². The van der Waals surface area contributed by atoms with Gasteiger partial charge in [-0.1, -0.05) is 37.6 Å². The number of halogens is 1. The Balaban J connectivity index is 2.24. The highest BCUT2D eigenvalue weighted by Crippen LogP contribution is 2.26. The SMILES string of the molecule is CC(C)CNC(=O)NC(=O)COC(=O)CSc1ccccc1Cl. The van der Waals surface area contributed by atoms with E-state index >= 15 is 0 Å². The second-order valence-electron chi connectivity index (χ2n) is 5.03. The molecule has 0 saturated heterocycles. The van der Waals surface area contributed by atoms with E-state index < -0.39 is 24.5 Å². The molecule has 8 heteroatoms. The van der Waals surface area contributed by atoms with Crippen molar-refractivity contribution in [3.05, 3.63) is 29.3 Å². The molecule has 0 saturated carbocycles. The predicted octanol–water partition coefficient (Wildman–Crippen LogP) is 2.46. The molecule has 1 rings (SSSR count). The molecule has 0 heterocycles. The maximum absolute atomic E-state index is 11.6. The van der Waals surface area contributed by atoms with Crippen LogP contribution in [0.4, 0.5) is 4.79 Å². The fraction of sp³-hybridized carbons (Fsp3) is 0.400. The van der Waals surface area contributed by atoms with Crippen LogP contribution in [0.25, 0.3) is 0 Å². The van der Waals surface area contributed by atoms with Crippen LogP contribution in [0.3, 0.4) is 0 Å². The van der Waals surface area contributed by atoms with Gasteiger partial charge < -0.3 is 10.1 Å². The van der Waals surface area contributed by atoms with Crippen LogP contribution < -0.4 is 10.6 Å². The summed E-state index contributed by atoms with van der Waals surface area (Å²) in [6.07, 6.45) is 0. The molecular weight excluding hydrogens is 340 g/mol. The fourth-order valence-electron chi connectivity index (χ4n) is 1.39. The molecule has 0 bridgehead atoms. The van der Waals surface area contributed by atoms with E-state index in [1.165, 1.54) is 11.8 Å². The van der Waals surface area contributed by atoms with Crippen LogP contribution in [0, 0.1) is 5.92 Å². The molecule has 0 aliphatic carbocycles. The lowest BCUT2D eigenvalue weighted by Gasteiger charge is -2.09. The van der Waals surface area contributed by atoms with E-state index in [9.17, 15) is 14.4 Å². The van der Waals surface area contributed by atoms with Crippen LogP contribution in [0.2, 0.25) is 5.02 Å². The minimum Gasteiger partial charge on any atom is -0.455 e. The molecule has 0 unspecified atom stereocenters. The Morgan fingerprint density at radius 2 is 1.96 bits per heavy atom. The Kier molecular flexibility index (Phi) is 8.50. The van der Waals surface area contributed by atoms with Gasteiger partial charge in [0, 0.05) is 11.4 Å². The first-order valence-corrected chi connectivity index (χ1v) is 8.35. The first-order valence-electron chi connectivity index (χ1n) is 6.99. The van der Waals surface area contributed by atoms with Gasteiger partial charge in [0.1, 0.15) is 0 Å². The van der Waals surface area contributed by atoms with Crippen LogP contribution >= 0.6 is 23.4 Å². The number of amides is 3. The predicted molar refractivity (Wildman–Crippen MR) is 89.5 cm³/mol. The topological polar surface area (TPSA) is 84.5 Å². The quantitative estimate of drug-likeness (QED) is 0.577. The lowest BCUT2D eigenvalue weighted by molar-refractivity contribution is -0.145. The van der Waals surface area contributed by atoms with E-state index in [4.69, 9.17) is 16.3 Å². The Morgan fingerprint density at radius 1 is 1.26 bits per heavy atom. The van der Waals surface area contributed by atoms with Gasteiger partial charge in [0.05, 0.1) is 10.8 Å². The molecule has 6 nitrogen and oxygen atoms in total. The van der Waals surface area contributed by atoms with Crippen molar-refractivity contribution in [2.75, 3.05) is 18.9 Å². The molecule has 23 heavy (non-hydrogen) atoms. The fourth-order valence-corrected chi connectivity index (χ4v) is 2.43. The third kappa shape index (κ3) is 8.47. The first kappa shape index (κ1) is 19.3. The summed E-state index contributed by atoms with van der Waals surface area (Å²) in [5.74, 6) is -0.943. The number of urea groups is 1. The van der Waals surface area contributed by atoms with Crippen LogP contribution in [-0.2, 0) is 14.3 Å². The Hall–Kier alpha value is -1.73. The molecule has 0 fully saturated rings. The van der Waals surface area contributed by atoms with Crippen molar-refractivity contribution < 1.29 is 19.1 Å². The van der Waals surface area contributed by atoms with Crippen LogP contribution in [0.5, 0.6) is 0 Å². The van der Waals surface area contributed by atoms with E-state index in [0.717, 1.165) is 4.90 Å². The van der Waals surface area contributed by atoms with Crippen molar-refractivity contribution in [3.63, 3.8) is 0 Å². The van der Waals surface area contributed by atoms with E-state index in [0.29, 0.717) is 11.6 Å². The standard InChI is InChI=1S/C15H19ClN2O4S/c1-10(2)7-17-15(21)18-13(19)8-22-14(20)9-23-12-6-4-3-5-11(12)16/h3-6,10H,7-9H2,1-2H3,(H2,17,18,19,21). The summed E-state index contributed by atoms with van der Waals surface area (Å²) in [5, 5.41) is 5.15. The summed E-state index contributed by atoms with van der Waals surface area (Å²) < 4.78 is 4.80. The Bertz CT molecular complexity index is 566. The molecule has 2 N–H and O–H groups in total. The Morgan fingerprint density at radius 3 is 2.61 bits per heavy atom. The van der Waals surface area contributed by atoms with Gasteiger partial charge in [-0.25, -0.2) is 4.79 Å². The summed E-state index contributed by atoms with van der Waals surface area (Å²) in [5.41, 5.74) is 0. The number of imide groups is 1. The van der Waals surface area contributed by atoms with Crippen molar-refractivity contribution in [2.45, 2.75) is 18.7 Å². The van der Waals surface area contributed by atoms with Crippen molar-refractivity contribution in [1.82, 2.24) is 10.6 Å². The van der Waals surface area contributed by atoms with E-state index in [1.807, 2.05) is 19.9 Å². The Labute approximate surface area is 144 Å². The first-order chi connectivity index (χ1) is 10.9. The smallest absolute Gasteiger partial charge is 0.321 e. The van der Waals surface area contributed by atoms with Gasteiger partial charge >= 0.3 is 12.0 Å². The highest BCUT2D eigenvalue weighted by molar-refractivity contribution is 8.00. The number of ether oxygens (including phenoxy) is 1. The third-order valence-corrected chi connectivity index (χ3v) is 3.96. The average Bonchev–Trinajstić information content (AvgIpc) is 2.50. The molecule has 1 aromatic carbocycles. The zero-order chi connectivity index (χ0) is 17.2. The number of nitrogens with one attached hydrogen (secondary N) is 2. The number of hydrogen-bond acceptors (Lipinski definition) is 5. The van der Waals surface area contributed by atoms with Crippen molar-refractivity contribution in [2.24, 2.45) is 5.92 Å². The minimum atomic E-state index is -0.678. The number of thioether (sulfide) groups is 1. The van der Waals surface area contributed by atoms with Gasteiger partial charge in [-0.3, -0.25) is 14.9 Å². The molecule has 0 aliphatic rings. The molecule has 126 valence electrons. The van der Waals surface area contributed by atoms with Gasteiger partial charge in [-0.2, -0.15) is 0 Å². The highest BCUT2D eigenvalue weighted by Gasteiger charge is 2.12. The van der Waals surface area contributed by atoms with Gasteiger partial charge in [-0.05, 0) is 18.1 Å². The van der Waals surface area contributed by atoms with Crippen LogP contribution in [0.15, 0.2) is 29.2 Å². The molecule has 0 radical (unpaired) electrons. The number of carbonyl (C=O) groups excluding carboxylic acids is 3. The molecule has 0 spiro atoms. The molecular formula is C15H19ClN2O4S. The van der Waals surface area contributed by atoms with Crippen molar-refractivity contribution in [3.8, 4) is 0 Å². The van der Waals surface area contributed by atoms with E-state index in [1.54, 1.807) is 18.2 Å². The van der Waals surface area contributed by atoms with Crippen LogP contribution in [0.1, 0.15) is 13.8 Å². The molecule has 1 aromatic rings. The van der Waals surface area contributed by atoms with E-state index in [2.05, 4.69) is 10.6 Å². The van der Waals surface area contributed by atoms with Gasteiger partial charge in [0.25, 0.3) is 5.91 Å². The highest BCUT2D eigenvalue weighted by atomic mass is 35.5. The lowest BCUT2D eigenvalue weighted by Crippen LogP contribution is -2.42. The summed E-state index contributed by atoms with van der Waals surface area (Å²) >= 11 is 7.18. The summed E-state index contributed by atoms with van der Waals surface area (Å²) in [6.45, 7) is 3.81. The molecule has 0 atom stereocenters. The van der Waals surface area contributed by atoms with E-state index in [-0.39, 0.29) is 11.7 Å². The largest absolute Gasteiger partial charge is 0.455 e. The maximum Gasteiger partial charge on any atom is 0.321 e. The summed E-state index contributed by atoms with van der Waals surface area (Å²) in [7, 11) is 0.